The highest BCUT2D eigenvalue weighted by Gasteiger charge is 2.26. The van der Waals surface area contributed by atoms with E-state index in [2.05, 4.69) is 23.2 Å². The molecule has 1 N–H and O–H groups in total. The summed E-state index contributed by atoms with van der Waals surface area (Å²) in [7, 11) is 0. The predicted molar refractivity (Wildman–Crippen MR) is 81.2 cm³/mol. The van der Waals surface area contributed by atoms with Gasteiger partial charge in [0.2, 0.25) is 0 Å². The average Bonchev–Trinajstić information content (AvgIpc) is 2.84. The fourth-order valence-corrected chi connectivity index (χ4v) is 2.80. The molecule has 2 heterocycles. The number of para-hydroxylation sites is 1. The second kappa shape index (κ2) is 4.17. The van der Waals surface area contributed by atoms with Gasteiger partial charge in [0, 0.05) is 17.1 Å². The SMILES string of the molecule is N=C1c2ccccc2CN1c1cccc2cccnc12. The van der Waals surface area contributed by atoms with Gasteiger partial charge in [0.15, 0.2) is 0 Å². The first-order chi connectivity index (χ1) is 9.84. The van der Waals surface area contributed by atoms with Crippen LogP contribution in [0.2, 0.25) is 0 Å². The van der Waals surface area contributed by atoms with Crippen molar-refractivity contribution in [2.24, 2.45) is 0 Å². The standard InChI is InChI=1S/C17H13N3/c18-17-14-8-2-1-5-13(14)11-20(17)15-9-3-6-12-7-4-10-19-16(12)15/h1-10,18H,11H2. The van der Waals surface area contributed by atoms with E-state index >= 15 is 0 Å². The van der Waals surface area contributed by atoms with Gasteiger partial charge in [-0.25, -0.2) is 0 Å². The Hall–Kier alpha value is -2.68. The summed E-state index contributed by atoms with van der Waals surface area (Å²) in [5.41, 5.74) is 4.17. The van der Waals surface area contributed by atoms with Crippen molar-refractivity contribution in [1.82, 2.24) is 4.98 Å². The molecule has 0 unspecified atom stereocenters. The molecule has 96 valence electrons. The molecule has 0 aliphatic carbocycles. The Morgan fingerprint density at radius 2 is 1.80 bits per heavy atom. The van der Waals surface area contributed by atoms with Crippen LogP contribution in [0.5, 0.6) is 0 Å². The molecule has 0 saturated heterocycles. The Morgan fingerprint density at radius 3 is 2.70 bits per heavy atom. The molecule has 3 heteroatoms. The maximum atomic E-state index is 8.40. The average molecular weight is 259 g/mol. The Balaban J connectivity index is 1.88. The van der Waals surface area contributed by atoms with E-state index in [1.165, 1.54) is 5.56 Å². The van der Waals surface area contributed by atoms with Crippen molar-refractivity contribution in [3.8, 4) is 0 Å². The first kappa shape index (κ1) is 11.2. The van der Waals surface area contributed by atoms with Gasteiger partial charge >= 0.3 is 0 Å². The number of fused-ring (bicyclic) bond motifs is 2. The lowest BCUT2D eigenvalue weighted by Gasteiger charge is -2.19. The Morgan fingerprint density at radius 1 is 0.950 bits per heavy atom. The minimum Gasteiger partial charge on any atom is -0.320 e. The van der Waals surface area contributed by atoms with Crippen LogP contribution in [0.3, 0.4) is 0 Å². The molecular weight excluding hydrogens is 246 g/mol. The van der Waals surface area contributed by atoms with Crippen LogP contribution in [-0.4, -0.2) is 10.8 Å². The van der Waals surface area contributed by atoms with E-state index in [4.69, 9.17) is 5.41 Å². The maximum Gasteiger partial charge on any atom is 0.133 e. The second-order valence-electron chi connectivity index (χ2n) is 4.94. The highest BCUT2D eigenvalue weighted by Crippen LogP contribution is 2.32. The fourth-order valence-electron chi connectivity index (χ4n) is 2.80. The van der Waals surface area contributed by atoms with Crippen molar-refractivity contribution in [1.29, 1.82) is 5.41 Å². The van der Waals surface area contributed by atoms with Gasteiger partial charge in [0.25, 0.3) is 0 Å². The first-order valence-electron chi connectivity index (χ1n) is 6.63. The molecule has 4 rings (SSSR count). The van der Waals surface area contributed by atoms with E-state index in [-0.39, 0.29) is 0 Å². The summed E-state index contributed by atoms with van der Waals surface area (Å²) >= 11 is 0. The molecule has 0 atom stereocenters. The van der Waals surface area contributed by atoms with Crippen LogP contribution in [-0.2, 0) is 6.54 Å². The topological polar surface area (TPSA) is 40.0 Å². The van der Waals surface area contributed by atoms with Crippen LogP contribution < -0.4 is 4.90 Å². The van der Waals surface area contributed by atoms with E-state index in [0.717, 1.165) is 28.7 Å². The number of nitrogens with one attached hydrogen (secondary N) is 1. The summed E-state index contributed by atoms with van der Waals surface area (Å²) < 4.78 is 0. The largest absolute Gasteiger partial charge is 0.320 e. The summed E-state index contributed by atoms with van der Waals surface area (Å²) in [6.45, 7) is 0.741. The molecule has 0 bridgehead atoms. The van der Waals surface area contributed by atoms with E-state index in [1.54, 1.807) is 6.20 Å². The molecule has 1 aliphatic heterocycles. The lowest BCUT2D eigenvalue weighted by Crippen LogP contribution is -2.23. The van der Waals surface area contributed by atoms with Crippen LogP contribution in [0.25, 0.3) is 10.9 Å². The molecular formula is C17H13N3. The van der Waals surface area contributed by atoms with Gasteiger partial charge in [-0.1, -0.05) is 42.5 Å². The number of benzene rings is 2. The minimum atomic E-state index is 0.554. The highest BCUT2D eigenvalue weighted by molar-refractivity contribution is 6.14. The second-order valence-corrected chi connectivity index (χ2v) is 4.94. The van der Waals surface area contributed by atoms with Crippen molar-refractivity contribution in [2.45, 2.75) is 6.54 Å². The minimum absolute atomic E-state index is 0.554. The first-order valence-corrected chi connectivity index (χ1v) is 6.63. The fraction of sp³-hybridized carbons (Fsp3) is 0.0588. The molecule has 0 fully saturated rings. The van der Waals surface area contributed by atoms with Crippen LogP contribution >= 0.6 is 0 Å². The summed E-state index contributed by atoms with van der Waals surface area (Å²) in [4.78, 5) is 6.51. The van der Waals surface area contributed by atoms with Gasteiger partial charge in [-0.3, -0.25) is 10.4 Å². The summed E-state index contributed by atoms with van der Waals surface area (Å²) in [5.74, 6) is 0.554. The van der Waals surface area contributed by atoms with E-state index in [9.17, 15) is 0 Å². The monoisotopic (exact) mass is 259 g/mol. The van der Waals surface area contributed by atoms with Gasteiger partial charge in [0.1, 0.15) is 5.84 Å². The number of rotatable bonds is 1. The van der Waals surface area contributed by atoms with Crippen LogP contribution in [0.1, 0.15) is 11.1 Å². The molecule has 0 radical (unpaired) electrons. The molecule has 0 amide bonds. The lowest BCUT2D eigenvalue weighted by atomic mass is 10.1. The van der Waals surface area contributed by atoms with Crippen molar-refractivity contribution in [2.75, 3.05) is 4.90 Å². The van der Waals surface area contributed by atoms with Crippen LogP contribution in [0.15, 0.2) is 60.8 Å². The third-order valence-corrected chi connectivity index (χ3v) is 3.77. The molecule has 1 aliphatic rings. The third kappa shape index (κ3) is 1.53. The quantitative estimate of drug-likeness (QED) is 0.725. The molecule has 2 aromatic carbocycles. The Labute approximate surface area is 117 Å². The maximum absolute atomic E-state index is 8.40. The van der Waals surface area contributed by atoms with E-state index in [1.807, 2.05) is 41.3 Å². The van der Waals surface area contributed by atoms with Crippen LogP contribution in [0, 0.1) is 5.41 Å². The normalized spacial score (nSPS) is 13.8. The van der Waals surface area contributed by atoms with Gasteiger partial charge in [-0.15, -0.1) is 0 Å². The molecule has 0 spiro atoms. The van der Waals surface area contributed by atoms with Gasteiger partial charge in [0.05, 0.1) is 17.7 Å². The van der Waals surface area contributed by atoms with Crippen molar-refractivity contribution < 1.29 is 0 Å². The highest BCUT2D eigenvalue weighted by atomic mass is 15.2. The summed E-state index contributed by atoms with van der Waals surface area (Å²) in [6.07, 6.45) is 1.80. The zero-order chi connectivity index (χ0) is 13.5. The number of hydrogen-bond acceptors (Lipinski definition) is 2. The number of anilines is 1. The predicted octanol–water partition coefficient (Wildman–Crippen LogP) is 3.58. The van der Waals surface area contributed by atoms with Gasteiger partial charge in [-0.05, 0) is 17.7 Å². The molecule has 0 saturated carbocycles. The van der Waals surface area contributed by atoms with Crippen molar-refractivity contribution in [3.05, 3.63) is 71.9 Å². The number of nitrogens with zero attached hydrogens (tertiary/aromatic N) is 2. The van der Waals surface area contributed by atoms with E-state index in [0.29, 0.717) is 5.84 Å². The summed E-state index contributed by atoms with van der Waals surface area (Å²) in [6, 6.07) is 18.2. The van der Waals surface area contributed by atoms with Gasteiger partial charge in [-0.2, -0.15) is 0 Å². The Kier molecular flexibility index (Phi) is 2.33. The number of aromatic nitrogens is 1. The molecule has 20 heavy (non-hydrogen) atoms. The van der Waals surface area contributed by atoms with Crippen molar-refractivity contribution >= 4 is 22.4 Å². The Bertz CT molecular complexity index is 818. The third-order valence-electron chi connectivity index (χ3n) is 3.77. The lowest BCUT2D eigenvalue weighted by molar-refractivity contribution is 1.05. The zero-order valence-electron chi connectivity index (χ0n) is 10.9. The van der Waals surface area contributed by atoms with Gasteiger partial charge < -0.3 is 4.90 Å². The number of pyridine rings is 1. The molecule has 3 nitrogen and oxygen atoms in total. The number of amidine groups is 1. The molecule has 3 aromatic rings. The van der Waals surface area contributed by atoms with Crippen LogP contribution in [0.4, 0.5) is 5.69 Å². The summed E-state index contributed by atoms with van der Waals surface area (Å²) in [5, 5.41) is 9.50. The van der Waals surface area contributed by atoms with E-state index < -0.39 is 0 Å². The number of hydrogen-bond donors (Lipinski definition) is 1. The molecule has 1 aromatic heterocycles. The van der Waals surface area contributed by atoms with Crippen molar-refractivity contribution in [3.63, 3.8) is 0 Å². The smallest absolute Gasteiger partial charge is 0.133 e. The zero-order valence-corrected chi connectivity index (χ0v) is 10.9.